The van der Waals surface area contributed by atoms with Gasteiger partial charge < -0.3 is 4.74 Å². The highest BCUT2D eigenvalue weighted by molar-refractivity contribution is 9.10. The maximum atomic E-state index is 5.70. The molecule has 0 saturated heterocycles. The summed E-state index contributed by atoms with van der Waals surface area (Å²) in [5, 5.41) is 0. The fourth-order valence-electron chi connectivity index (χ4n) is 2.02. The molecule has 0 aliphatic heterocycles. The second kappa shape index (κ2) is 7.22. The van der Waals surface area contributed by atoms with Gasteiger partial charge in [0.25, 0.3) is 0 Å². The van der Waals surface area contributed by atoms with Crippen molar-refractivity contribution in [1.82, 2.24) is 5.43 Å². The highest BCUT2D eigenvalue weighted by atomic mass is 79.9. The second-order valence-electron chi connectivity index (χ2n) is 4.43. The first-order valence-electron chi connectivity index (χ1n) is 6.18. The van der Waals surface area contributed by atoms with Gasteiger partial charge in [0.05, 0.1) is 13.2 Å². The second-order valence-corrected chi connectivity index (χ2v) is 6.20. The quantitative estimate of drug-likeness (QED) is 0.590. The van der Waals surface area contributed by atoms with E-state index in [1.165, 1.54) is 0 Å². The first-order valence-corrected chi connectivity index (χ1v) is 7.76. The third-order valence-corrected chi connectivity index (χ3v) is 4.45. The van der Waals surface area contributed by atoms with Gasteiger partial charge in [0, 0.05) is 8.95 Å². The lowest BCUT2D eigenvalue weighted by Gasteiger charge is -2.18. The molecule has 2 aromatic carbocycles. The van der Waals surface area contributed by atoms with Crippen LogP contribution < -0.4 is 16.0 Å². The van der Waals surface area contributed by atoms with E-state index in [1.54, 1.807) is 7.11 Å². The molecule has 5 heteroatoms. The lowest BCUT2D eigenvalue weighted by Crippen LogP contribution is -2.29. The molecule has 0 fully saturated rings. The molecule has 2 rings (SSSR count). The number of rotatable bonds is 5. The average Bonchev–Trinajstić information content (AvgIpc) is 2.47. The molecule has 2 aromatic rings. The van der Waals surface area contributed by atoms with Crippen LogP contribution >= 0.6 is 31.9 Å². The van der Waals surface area contributed by atoms with Gasteiger partial charge in [-0.05, 0) is 47.9 Å². The van der Waals surface area contributed by atoms with Crippen molar-refractivity contribution in [1.29, 1.82) is 0 Å². The number of hydrogen-bond donors (Lipinski definition) is 2. The van der Waals surface area contributed by atoms with Crippen LogP contribution in [-0.2, 0) is 6.42 Å². The Balaban J connectivity index is 2.23. The van der Waals surface area contributed by atoms with Crippen molar-refractivity contribution in [2.45, 2.75) is 12.5 Å². The average molecular weight is 400 g/mol. The van der Waals surface area contributed by atoms with Gasteiger partial charge in [-0.1, -0.05) is 44.0 Å². The number of ether oxygens (including phenoxy) is 1. The molecule has 3 N–H and O–H groups in total. The molecule has 0 aliphatic carbocycles. The van der Waals surface area contributed by atoms with E-state index < -0.39 is 0 Å². The highest BCUT2D eigenvalue weighted by Gasteiger charge is 2.13. The van der Waals surface area contributed by atoms with E-state index in [9.17, 15) is 0 Å². The number of nitrogens with one attached hydrogen (secondary N) is 1. The van der Waals surface area contributed by atoms with Crippen molar-refractivity contribution >= 4 is 31.9 Å². The largest absolute Gasteiger partial charge is 0.497 e. The molecule has 106 valence electrons. The van der Waals surface area contributed by atoms with Crippen LogP contribution in [0.1, 0.15) is 17.2 Å². The molecule has 0 radical (unpaired) electrons. The number of halogens is 2. The molecule has 0 bridgehead atoms. The van der Waals surface area contributed by atoms with Crippen LogP contribution in [0.3, 0.4) is 0 Å². The predicted molar refractivity (Wildman–Crippen MR) is 88.6 cm³/mol. The molecular formula is C15H16Br2N2O. The number of hydrogen-bond acceptors (Lipinski definition) is 3. The lowest BCUT2D eigenvalue weighted by atomic mass is 9.99. The fourth-order valence-corrected chi connectivity index (χ4v) is 2.70. The third kappa shape index (κ3) is 3.82. The van der Waals surface area contributed by atoms with Crippen LogP contribution in [-0.4, -0.2) is 7.11 Å². The minimum absolute atomic E-state index is 0.0477. The van der Waals surface area contributed by atoms with Gasteiger partial charge in [0.1, 0.15) is 5.75 Å². The van der Waals surface area contributed by atoms with Gasteiger partial charge in [-0.2, -0.15) is 0 Å². The minimum atomic E-state index is 0.0477. The van der Waals surface area contributed by atoms with Gasteiger partial charge in [0.15, 0.2) is 0 Å². The molecule has 20 heavy (non-hydrogen) atoms. The summed E-state index contributed by atoms with van der Waals surface area (Å²) in [5.41, 5.74) is 5.17. The Morgan fingerprint density at radius 2 is 1.85 bits per heavy atom. The van der Waals surface area contributed by atoms with E-state index in [2.05, 4.69) is 49.4 Å². The molecule has 0 saturated carbocycles. The van der Waals surface area contributed by atoms with Crippen molar-refractivity contribution in [3.05, 3.63) is 62.5 Å². The van der Waals surface area contributed by atoms with Crippen molar-refractivity contribution in [2.24, 2.45) is 5.84 Å². The monoisotopic (exact) mass is 398 g/mol. The summed E-state index contributed by atoms with van der Waals surface area (Å²) in [4.78, 5) is 0. The van der Waals surface area contributed by atoms with Crippen molar-refractivity contribution in [3.8, 4) is 5.75 Å². The van der Waals surface area contributed by atoms with Gasteiger partial charge >= 0.3 is 0 Å². The van der Waals surface area contributed by atoms with Crippen molar-refractivity contribution in [2.75, 3.05) is 7.11 Å². The van der Waals surface area contributed by atoms with E-state index >= 15 is 0 Å². The molecule has 0 spiro atoms. The first-order chi connectivity index (χ1) is 9.63. The van der Waals surface area contributed by atoms with Crippen molar-refractivity contribution in [3.63, 3.8) is 0 Å². The highest BCUT2D eigenvalue weighted by Crippen LogP contribution is 2.27. The van der Waals surface area contributed by atoms with E-state index in [4.69, 9.17) is 10.6 Å². The minimum Gasteiger partial charge on any atom is -0.497 e. The summed E-state index contributed by atoms with van der Waals surface area (Å²) in [6, 6.07) is 14.1. The predicted octanol–water partition coefficient (Wildman–Crippen LogP) is 3.97. The van der Waals surface area contributed by atoms with E-state index in [1.807, 2.05) is 30.3 Å². The van der Waals surface area contributed by atoms with Gasteiger partial charge in [-0.25, -0.2) is 0 Å². The van der Waals surface area contributed by atoms with Gasteiger partial charge in [0.2, 0.25) is 0 Å². The summed E-state index contributed by atoms with van der Waals surface area (Å²) >= 11 is 7.01. The molecule has 3 nitrogen and oxygen atoms in total. The zero-order valence-electron chi connectivity index (χ0n) is 11.1. The Hall–Kier alpha value is -0.880. The Bertz CT molecular complexity index is 573. The molecular weight excluding hydrogens is 384 g/mol. The Kier molecular flexibility index (Phi) is 5.60. The molecule has 1 unspecified atom stereocenters. The van der Waals surface area contributed by atoms with E-state index in [-0.39, 0.29) is 6.04 Å². The summed E-state index contributed by atoms with van der Waals surface area (Å²) in [7, 11) is 1.67. The standard InChI is InChI=1S/C15H16Br2N2O/c1-20-13-6-7-14(17)11(8-13)9-15(19-18)10-2-4-12(16)5-3-10/h2-8,15,19H,9,18H2,1H3. The Labute approximate surface area is 135 Å². The van der Waals surface area contributed by atoms with Crippen LogP contribution in [0.2, 0.25) is 0 Å². The van der Waals surface area contributed by atoms with E-state index in [0.717, 1.165) is 32.2 Å². The molecule has 0 aromatic heterocycles. The maximum absolute atomic E-state index is 5.70. The molecule has 1 atom stereocenters. The molecule has 0 amide bonds. The van der Waals surface area contributed by atoms with Crippen LogP contribution in [0.4, 0.5) is 0 Å². The van der Waals surface area contributed by atoms with Crippen LogP contribution in [0, 0.1) is 0 Å². The third-order valence-electron chi connectivity index (χ3n) is 3.15. The number of benzene rings is 2. The van der Waals surface area contributed by atoms with E-state index in [0.29, 0.717) is 0 Å². The van der Waals surface area contributed by atoms with Crippen LogP contribution in [0.15, 0.2) is 51.4 Å². The summed E-state index contributed by atoms with van der Waals surface area (Å²) in [5.74, 6) is 6.55. The van der Waals surface area contributed by atoms with Gasteiger partial charge in [-0.3, -0.25) is 11.3 Å². The first kappa shape index (κ1) is 15.5. The Morgan fingerprint density at radius 3 is 2.45 bits per heavy atom. The number of nitrogens with two attached hydrogens (primary N) is 1. The SMILES string of the molecule is COc1ccc(Br)c(CC(NN)c2ccc(Br)cc2)c1. The number of methoxy groups -OCH3 is 1. The summed E-state index contributed by atoms with van der Waals surface area (Å²) in [6.45, 7) is 0. The zero-order valence-corrected chi connectivity index (χ0v) is 14.2. The Morgan fingerprint density at radius 1 is 1.15 bits per heavy atom. The summed E-state index contributed by atoms with van der Waals surface area (Å²) in [6.07, 6.45) is 0.774. The van der Waals surface area contributed by atoms with Crippen LogP contribution in [0.25, 0.3) is 0 Å². The number of hydrazine groups is 1. The van der Waals surface area contributed by atoms with Crippen LogP contribution in [0.5, 0.6) is 5.75 Å². The summed E-state index contributed by atoms with van der Waals surface area (Å²) < 4.78 is 7.37. The molecule has 0 aliphatic rings. The lowest BCUT2D eigenvalue weighted by molar-refractivity contribution is 0.413. The smallest absolute Gasteiger partial charge is 0.119 e. The topological polar surface area (TPSA) is 47.3 Å². The fraction of sp³-hybridized carbons (Fsp3) is 0.200. The maximum Gasteiger partial charge on any atom is 0.119 e. The molecule has 0 heterocycles. The normalized spacial score (nSPS) is 12.2. The zero-order chi connectivity index (χ0) is 14.5. The van der Waals surface area contributed by atoms with Crippen molar-refractivity contribution < 1.29 is 4.74 Å². The van der Waals surface area contributed by atoms with Gasteiger partial charge in [-0.15, -0.1) is 0 Å².